The number of alkyl halides is 1. The predicted octanol–water partition coefficient (Wildman–Crippen LogP) is 4.13. The van der Waals surface area contributed by atoms with Gasteiger partial charge in [0.1, 0.15) is 5.82 Å². The molecule has 1 aliphatic heterocycles. The van der Waals surface area contributed by atoms with E-state index in [-0.39, 0.29) is 12.2 Å². The number of hydrogen-bond donors (Lipinski definition) is 0. The van der Waals surface area contributed by atoms with Crippen LogP contribution in [-0.2, 0) is 10.2 Å². The van der Waals surface area contributed by atoms with Crippen molar-refractivity contribution in [1.82, 2.24) is 0 Å². The van der Waals surface area contributed by atoms with E-state index in [9.17, 15) is 12.8 Å². The molecule has 1 aliphatic rings. The molecule has 0 bridgehead atoms. The molecule has 126 valence electrons. The SMILES string of the molecule is Cc1ccc(N2c3ccccc3N(C/C=C\CCl)S2(=O)=O)c(F)c1. The van der Waals surface area contributed by atoms with Gasteiger partial charge in [0.25, 0.3) is 0 Å². The van der Waals surface area contributed by atoms with E-state index in [1.54, 1.807) is 49.4 Å². The lowest BCUT2D eigenvalue weighted by molar-refractivity contribution is 0.592. The summed E-state index contributed by atoms with van der Waals surface area (Å²) < 4.78 is 42.7. The van der Waals surface area contributed by atoms with Gasteiger partial charge >= 0.3 is 10.2 Å². The number of benzene rings is 2. The average molecular weight is 367 g/mol. The molecule has 3 rings (SSSR count). The number of halogens is 2. The zero-order chi connectivity index (χ0) is 17.3. The van der Waals surface area contributed by atoms with Crippen LogP contribution in [0.3, 0.4) is 0 Å². The smallest absolute Gasteiger partial charge is 0.247 e. The van der Waals surface area contributed by atoms with E-state index < -0.39 is 16.0 Å². The summed E-state index contributed by atoms with van der Waals surface area (Å²) in [5.74, 6) is -0.280. The van der Waals surface area contributed by atoms with E-state index in [2.05, 4.69) is 0 Å². The fraction of sp³-hybridized carbons (Fsp3) is 0.176. The summed E-state index contributed by atoms with van der Waals surface area (Å²) in [7, 11) is -3.92. The predicted molar refractivity (Wildman–Crippen MR) is 95.8 cm³/mol. The number of fused-ring (bicyclic) bond motifs is 1. The Bertz CT molecular complexity index is 899. The molecule has 2 aromatic rings. The molecular formula is C17H16ClFN2O2S. The quantitative estimate of drug-likeness (QED) is 0.603. The summed E-state index contributed by atoms with van der Waals surface area (Å²) in [6, 6.07) is 11.3. The van der Waals surface area contributed by atoms with Crippen molar-refractivity contribution in [1.29, 1.82) is 0 Å². The van der Waals surface area contributed by atoms with Crippen molar-refractivity contribution in [2.75, 3.05) is 21.0 Å². The maximum Gasteiger partial charge on any atom is 0.331 e. The topological polar surface area (TPSA) is 40.6 Å². The van der Waals surface area contributed by atoms with E-state index in [4.69, 9.17) is 11.6 Å². The van der Waals surface area contributed by atoms with Crippen LogP contribution in [0.5, 0.6) is 0 Å². The molecule has 1 heterocycles. The zero-order valence-corrected chi connectivity index (χ0v) is 14.6. The molecule has 0 radical (unpaired) electrons. The standard InChI is InChI=1S/C17H16ClFN2O2S/c1-13-8-9-15(14(19)12-13)21-17-7-3-2-6-16(17)20(24(21,22)23)11-5-4-10-18/h2-9,12H,10-11H2,1H3/b5-4-. The lowest BCUT2D eigenvalue weighted by Gasteiger charge is -2.21. The normalized spacial score (nSPS) is 16.0. The summed E-state index contributed by atoms with van der Waals surface area (Å²) >= 11 is 5.60. The first-order valence-corrected chi connectivity index (χ1v) is 9.29. The van der Waals surface area contributed by atoms with E-state index in [1.807, 2.05) is 0 Å². The summed E-state index contributed by atoms with van der Waals surface area (Å²) in [6.45, 7) is 1.89. The number of anilines is 3. The Kier molecular flexibility index (Phi) is 4.51. The molecule has 0 amide bonds. The molecule has 0 unspecified atom stereocenters. The highest BCUT2D eigenvalue weighted by Crippen LogP contribution is 2.45. The summed E-state index contributed by atoms with van der Waals surface area (Å²) in [4.78, 5) is 0. The highest BCUT2D eigenvalue weighted by molar-refractivity contribution is 7.95. The molecule has 7 heteroatoms. The molecular weight excluding hydrogens is 351 g/mol. The van der Waals surface area contributed by atoms with Crippen molar-refractivity contribution in [2.45, 2.75) is 6.92 Å². The fourth-order valence-electron chi connectivity index (χ4n) is 2.65. The highest BCUT2D eigenvalue weighted by Gasteiger charge is 2.41. The number of rotatable bonds is 4. The van der Waals surface area contributed by atoms with Crippen molar-refractivity contribution < 1.29 is 12.8 Å². The van der Waals surface area contributed by atoms with Gasteiger partial charge in [-0.3, -0.25) is 0 Å². The van der Waals surface area contributed by atoms with Crippen LogP contribution < -0.4 is 8.61 Å². The van der Waals surface area contributed by atoms with Crippen molar-refractivity contribution in [3.8, 4) is 0 Å². The summed E-state index contributed by atoms with van der Waals surface area (Å²) in [5, 5.41) is 0. The first-order chi connectivity index (χ1) is 11.5. The highest BCUT2D eigenvalue weighted by atomic mass is 35.5. The molecule has 2 aromatic carbocycles. The van der Waals surface area contributed by atoms with Gasteiger partial charge in [-0.2, -0.15) is 8.42 Å². The first-order valence-electron chi connectivity index (χ1n) is 7.36. The second kappa shape index (κ2) is 6.45. The second-order valence-electron chi connectivity index (χ2n) is 5.37. The fourth-order valence-corrected chi connectivity index (χ4v) is 4.45. The second-order valence-corrected chi connectivity index (χ2v) is 7.38. The number of para-hydroxylation sites is 2. The Morgan fingerprint density at radius 3 is 2.46 bits per heavy atom. The lowest BCUT2D eigenvalue weighted by Crippen LogP contribution is -2.35. The van der Waals surface area contributed by atoms with Gasteiger partial charge in [-0.1, -0.05) is 30.4 Å². The van der Waals surface area contributed by atoms with Gasteiger partial charge in [0.05, 0.1) is 23.6 Å². The molecule has 0 N–H and O–H groups in total. The van der Waals surface area contributed by atoms with Crippen molar-refractivity contribution in [3.63, 3.8) is 0 Å². The molecule has 24 heavy (non-hydrogen) atoms. The van der Waals surface area contributed by atoms with Crippen molar-refractivity contribution in [2.24, 2.45) is 0 Å². The first kappa shape index (κ1) is 16.8. The molecule has 0 saturated heterocycles. The number of aryl methyl sites for hydroxylation is 1. The largest absolute Gasteiger partial charge is 0.331 e. The minimum atomic E-state index is -3.92. The van der Waals surface area contributed by atoms with Gasteiger partial charge in [-0.15, -0.1) is 11.6 Å². The van der Waals surface area contributed by atoms with Crippen LogP contribution in [0.2, 0.25) is 0 Å². The Hall–Kier alpha value is -2.05. The maximum absolute atomic E-state index is 14.4. The molecule has 0 spiro atoms. The van der Waals surface area contributed by atoms with E-state index in [1.165, 1.54) is 16.4 Å². The third-order valence-corrected chi connectivity index (χ3v) is 5.66. The molecule has 0 atom stereocenters. The zero-order valence-electron chi connectivity index (χ0n) is 13.0. The number of nitrogens with zero attached hydrogens (tertiary/aromatic N) is 2. The van der Waals surface area contributed by atoms with Crippen LogP contribution in [0.15, 0.2) is 54.6 Å². The van der Waals surface area contributed by atoms with Gasteiger partial charge in [-0.05, 0) is 36.8 Å². The Morgan fingerprint density at radius 2 is 1.79 bits per heavy atom. The Morgan fingerprint density at radius 1 is 1.08 bits per heavy atom. The summed E-state index contributed by atoms with van der Waals surface area (Å²) in [5.41, 5.74) is 1.68. The van der Waals surface area contributed by atoms with E-state index in [0.29, 0.717) is 17.3 Å². The van der Waals surface area contributed by atoms with Gasteiger partial charge in [0.2, 0.25) is 0 Å². The van der Waals surface area contributed by atoms with Gasteiger partial charge < -0.3 is 0 Å². The van der Waals surface area contributed by atoms with Gasteiger partial charge in [0.15, 0.2) is 0 Å². The average Bonchev–Trinajstić information content (AvgIpc) is 2.76. The molecule has 4 nitrogen and oxygen atoms in total. The minimum absolute atomic E-state index is 0.0110. The molecule has 0 aliphatic carbocycles. The van der Waals surface area contributed by atoms with Crippen LogP contribution in [0.4, 0.5) is 21.5 Å². The van der Waals surface area contributed by atoms with Gasteiger partial charge in [0, 0.05) is 5.88 Å². The van der Waals surface area contributed by atoms with E-state index in [0.717, 1.165) is 9.87 Å². The number of hydrogen-bond acceptors (Lipinski definition) is 2. The van der Waals surface area contributed by atoms with Crippen LogP contribution >= 0.6 is 11.6 Å². The van der Waals surface area contributed by atoms with E-state index >= 15 is 0 Å². The monoisotopic (exact) mass is 366 g/mol. The van der Waals surface area contributed by atoms with Crippen LogP contribution in [0, 0.1) is 12.7 Å². The van der Waals surface area contributed by atoms with Crippen molar-refractivity contribution in [3.05, 3.63) is 66.0 Å². The Balaban J connectivity index is 2.15. The minimum Gasteiger partial charge on any atom is -0.247 e. The van der Waals surface area contributed by atoms with Crippen LogP contribution in [0.25, 0.3) is 0 Å². The van der Waals surface area contributed by atoms with Crippen LogP contribution in [-0.4, -0.2) is 20.8 Å². The van der Waals surface area contributed by atoms with Crippen LogP contribution in [0.1, 0.15) is 5.56 Å². The molecule has 0 saturated carbocycles. The third-order valence-electron chi connectivity index (χ3n) is 3.73. The Labute approximate surface area is 146 Å². The third kappa shape index (κ3) is 2.76. The molecule has 0 fully saturated rings. The molecule has 0 aromatic heterocycles. The van der Waals surface area contributed by atoms with Gasteiger partial charge in [-0.25, -0.2) is 13.0 Å². The summed E-state index contributed by atoms with van der Waals surface area (Å²) in [6.07, 6.45) is 3.35. The van der Waals surface area contributed by atoms with Crippen molar-refractivity contribution >= 4 is 38.9 Å². The lowest BCUT2D eigenvalue weighted by atomic mass is 10.2. The maximum atomic E-state index is 14.4. The number of allylic oxidation sites excluding steroid dienone is 1.